The molecular weight excluding hydrogens is 332 g/mol. The second-order valence-corrected chi connectivity index (χ2v) is 6.63. The summed E-state index contributed by atoms with van der Waals surface area (Å²) in [7, 11) is 0. The van der Waals surface area contributed by atoms with Gasteiger partial charge in [-0.1, -0.05) is 18.6 Å². The van der Waals surface area contributed by atoms with Gasteiger partial charge in [0, 0.05) is 22.0 Å². The number of para-hydroxylation sites is 1. The van der Waals surface area contributed by atoms with Crippen LogP contribution in [0.4, 0.5) is 0 Å². The van der Waals surface area contributed by atoms with Gasteiger partial charge in [0.25, 0.3) is 0 Å². The van der Waals surface area contributed by atoms with Crippen molar-refractivity contribution in [1.29, 1.82) is 0 Å². The van der Waals surface area contributed by atoms with Gasteiger partial charge in [-0.15, -0.1) is 0 Å². The van der Waals surface area contributed by atoms with E-state index in [-0.39, 0.29) is 0 Å². The summed E-state index contributed by atoms with van der Waals surface area (Å²) < 4.78 is 0.861. The number of aromatic carboxylic acids is 1. The molecule has 0 amide bonds. The van der Waals surface area contributed by atoms with E-state index >= 15 is 0 Å². The fraction of sp³-hybridized carbons (Fsp3) is 0.375. The number of halogens is 1. The molecule has 2 aromatic rings. The largest absolute Gasteiger partial charge is 0.478 e. The summed E-state index contributed by atoms with van der Waals surface area (Å²) >= 11 is 3.51. The fourth-order valence-corrected chi connectivity index (χ4v) is 4.14. The lowest BCUT2D eigenvalue weighted by atomic mass is 9.97. The maximum atomic E-state index is 11.8. The molecule has 1 atom stereocenters. The van der Waals surface area contributed by atoms with E-state index < -0.39 is 5.97 Å². The Hall–Kier alpha value is -1.46. The quantitative estimate of drug-likeness (QED) is 0.854. The molecule has 0 saturated carbocycles. The summed E-state index contributed by atoms with van der Waals surface area (Å²) in [5.74, 6) is -0.850. The zero-order valence-corrected chi connectivity index (χ0v) is 13.1. The molecule has 0 bridgehead atoms. The molecular formula is C16H15BrN2O2. The SMILES string of the molecule is O=C(O)c1c2c(nc3c(Br)cccc13)C1CCCCN1C2. The monoisotopic (exact) mass is 346 g/mol. The Morgan fingerprint density at radius 3 is 3.05 bits per heavy atom. The molecule has 3 heterocycles. The first-order valence-corrected chi connectivity index (χ1v) is 8.04. The van der Waals surface area contributed by atoms with Crippen molar-refractivity contribution in [3.05, 3.63) is 39.5 Å². The van der Waals surface area contributed by atoms with Gasteiger partial charge in [0.05, 0.1) is 22.8 Å². The number of pyridine rings is 1. The first-order chi connectivity index (χ1) is 10.2. The molecule has 108 valence electrons. The van der Waals surface area contributed by atoms with Gasteiger partial charge in [-0.25, -0.2) is 9.78 Å². The Balaban J connectivity index is 2.04. The summed E-state index contributed by atoms with van der Waals surface area (Å²) in [5.41, 5.74) is 3.10. The summed E-state index contributed by atoms with van der Waals surface area (Å²) in [5, 5.41) is 10.4. The third kappa shape index (κ3) is 1.91. The van der Waals surface area contributed by atoms with E-state index in [4.69, 9.17) is 4.98 Å². The molecule has 1 aromatic carbocycles. The predicted octanol–water partition coefficient (Wildman–Crippen LogP) is 3.74. The molecule has 21 heavy (non-hydrogen) atoms. The van der Waals surface area contributed by atoms with Gasteiger partial charge in [-0.3, -0.25) is 4.90 Å². The number of carboxylic acids is 1. The van der Waals surface area contributed by atoms with Crippen molar-refractivity contribution in [3.63, 3.8) is 0 Å². The van der Waals surface area contributed by atoms with Crippen LogP contribution >= 0.6 is 15.9 Å². The van der Waals surface area contributed by atoms with Crippen molar-refractivity contribution in [2.45, 2.75) is 31.8 Å². The zero-order chi connectivity index (χ0) is 14.6. The third-order valence-electron chi connectivity index (χ3n) is 4.60. The van der Waals surface area contributed by atoms with Crippen molar-refractivity contribution in [1.82, 2.24) is 9.88 Å². The van der Waals surface area contributed by atoms with Crippen LogP contribution < -0.4 is 0 Å². The molecule has 1 unspecified atom stereocenters. The minimum Gasteiger partial charge on any atom is -0.478 e. The lowest BCUT2D eigenvalue weighted by Gasteiger charge is -2.28. The molecule has 1 N–H and O–H groups in total. The summed E-state index contributed by atoms with van der Waals surface area (Å²) in [6, 6.07) is 5.94. The number of benzene rings is 1. The summed E-state index contributed by atoms with van der Waals surface area (Å²) in [6.07, 6.45) is 3.46. The Labute approximate surface area is 130 Å². The lowest BCUT2D eigenvalue weighted by molar-refractivity contribution is 0.0697. The molecule has 1 saturated heterocycles. The minimum atomic E-state index is -0.850. The highest BCUT2D eigenvalue weighted by molar-refractivity contribution is 9.10. The van der Waals surface area contributed by atoms with Gasteiger partial charge < -0.3 is 5.11 Å². The number of carbonyl (C=O) groups is 1. The van der Waals surface area contributed by atoms with Gasteiger partial charge in [-0.2, -0.15) is 0 Å². The van der Waals surface area contributed by atoms with Crippen LogP contribution in [0.15, 0.2) is 22.7 Å². The average molecular weight is 347 g/mol. The second kappa shape index (κ2) is 4.78. The van der Waals surface area contributed by atoms with Gasteiger partial charge in [-0.05, 0) is 41.4 Å². The van der Waals surface area contributed by atoms with Crippen LogP contribution in [0.2, 0.25) is 0 Å². The first kappa shape index (κ1) is 13.2. The maximum absolute atomic E-state index is 11.8. The van der Waals surface area contributed by atoms with Gasteiger partial charge in [0.15, 0.2) is 0 Å². The van der Waals surface area contributed by atoms with Crippen molar-refractivity contribution in [3.8, 4) is 0 Å². The zero-order valence-electron chi connectivity index (χ0n) is 11.5. The number of aromatic nitrogens is 1. The van der Waals surface area contributed by atoms with E-state index in [0.29, 0.717) is 11.6 Å². The van der Waals surface area contributed by atoms with E-state index in [2.05, 4.69) is 20.8 Å². The molecule has 1 fully saturated rings. The molecule has 1 aromatic heterocycles. The van der Waals surface area contributed by atoms with Gasteiger partial charge in [0.1, 0.15) is 0 Å². The Bertz CT molecular complexity index is 760. The highest BCUT2D eigenvalue weighted by Crippen LogP contribution is 2.42. The first-order valence-electron chi connectivity index (χ1n) is 7.25. The van der Waals surface area contributed by atoms with Crippen molar-refractivity contribution in [2.75, 3.05) is 6.54 Å². The number of carboxylic acid groups (broad SMARTS) is 1. The molecule has 2 aliphatic heterocycles. The number of hydrogen-bond donors (Lipinski definition) is 1. The van der Waals surface area contributed by atoms with Crippen LogP contribution in [-0.4, -0.2) is 27.5 Å². The third-order valence-corrected chi connectivity index (χ3v) is 5.24. The fourth-order valence-electron chi connectivity index (χ4n) is 3.68. The van der Waals surface area contributed by atoms with Crippen molar-refractivity contribution in [2.24, 2.45) is 0 Å². The van der Waals surface area contributed by atoms with Crippen LogP contribution in [0.5, 0.6) is 0 Å². The van der Waals surface area contributed by atoms with E-state index in [9.17, 15) is 9.90 Å². The molecule has 4 rings (SSSR count). The second-order valence-electron chi connectivity index (χ2n) is 5.77. The van der Waals surface area contributed by atoms with E-state index in [1.54, 1.807) is 0 Å². The Kier molecular flexibility index (Phi) is 3.01. The van der Waals surface area contributed by atoms with Crippen molar-refractivity contribution >= 4 is 32.8 Å². The number of rotatable bonds is 1. The maximum Gasteiger partial charge on any atom is 0.336 e. The predicted molar refractivity (Wildman–Crippen MR) is 83.4 cm³/mol. The van der Waals surface area contributed by atoms with Crippen LogP contribution in [0.1, 0.15) is 46.9 Å². The van der Waals surface area contributed by atoms with E-state index in [0.717, 1.165) is 46.1 Å². The normalized spacial score (nSPS) is 21.3. The molecule has 2 aliphatic rings. The van der Waals surface area contributed by atoms with Crippen LogP contribution in [0.3, 0.4) is 0 Å². The minimum absolute atomic E-state index is 0.295. The highest BCUT2D eigenvalue weighted by Gasteiger charge is 2.37. The molecule has 5 heteroatoms. The summed E-state index contributed by atoms with van der Waals surface area (Å²) in [4.78, 5) is 19.0. The van der Waals surface area contributed by atoms with Gasteiger partial charge >= 0.3 is 5.97 Å². The summed E-state index contributed by atoms with van der Waals surface area (Å²) in [6.45, 7) is 1.76. The topological polar surface area (TPSA) is 53.4 Å². The number of piperidine rings is 1. The molecule has 0 spiro atoms. The number of nitrogens with zero attached hydrogens (tertiary/aromatic N) is 2. The van der Waals surface area contributed by atoms with E-state index in [1.165, 1.54) is 12.8 Å². The molecule has 0 aliphatic carbocycles. The van der Waals surface area contributed by atoms with Crippen LogP contribution in [0.25, 0.3) is 10.9 Å². The van der Waals surface area contributed by atoms with Crippen molar-refractivity contribution < 1.29 is 9.90 Å². The molecule has 0 radical (unpaired) electrons. The smallest absolute Gasteiger partial charge is 0.336 e. The highest BCUT2D eigenvalue weighted by atomic mass is 79.9. The lowest BCUT2D eigenvalue weighted by Crippen LogP contribution is -2.27. The standard InChI is InChI=1S/C16H15BrN2O2/c17-11-5-3-4-9-13(16(20)21)10-8-19-7-2-1-6-12(19)15(10)18-14(9)11/h3-5,12H,1-2,6-8H2,(H,20,21). The number of hydrogen-bond acceptors (Lipinski definition) is 3. The Morgan fingerprint density at radius 2 is 2.24 bits per heavy atom. The van der Waals surface area contributed by atoms with E-state index in [1.807, 2.05) is 18.2 Å². The average Bonchev–Trinajstić information content (AvgIpc) is 2.83. The van der Waals surface area contributed by atoms with Crippen LogP contribution in [-0.2, 0) is 6.54 Å². The Morgan fingerprint density at radius 1 is 1.38 bits per heavy atom. The van der Waals surface area contributed by atoms with Crippen LogP contribution in [0, 0.1) is 0 Å². The number of fused-ring (bicyclic) bond motifs is 4. The van der Waals surface area contributed by atoms with Gasteiger partial charge in [0.2, 0.25) is 0 Å². The molecule has 4 nitrogen and oxygen atoms in total.